The van der Waals surface area contributed by atoms with Crippen molar-refractivity contribution >= 4 is 18.3 Å². The molecule has 3 atom stereocenters. The van der Waals surface area contributed by atoms with Gasteiger partial charge in [-0.3, -0.25) is 4.79 Å². The van der Waals surface area contributed by atoms with Gasteiger partial charge in [-0.05, 0) is 55.5 Å². The van der Waals surface area contributed by atoms with Gasteiger partial charge in [-0.2, -0.15) is 0 Å². The summed E-state index contributed by atoms with van der Waals surface area (Å²) in [6.45, 7) is 3.04. The number of hydrogen-bond donors (Lipinski definition) is 2. The summed E-state index contributed by atoms with van der Waals surface area (Å²) in [4.78, 5) is 12.7. The lowest BCUT2D eigenvalue weighted by molar-refractivity contribution is -0.126. The van der Waals surface area contributed by atoms with E-state index in [0.29, 0.717) is 30.6 Å². The molecule has 0 radical (unpaired) electrons. The molecule has 0 aliphatic heterocycles. The van der Waals surface area contributed by atoms with Crippen LogP contribution >= 0.6 is 12.4 Å². The number of hydrogen-bond acceptors (Lipinski definition) is 4. The molecule has 158 valence electrons. The second kappa shape index (κ2) is 11.1. The van der Waals surface area contributed by atoms with E-state index in [1.54, 1.807) is 7.11 Å². The van der Waals surface area contributed by atoms with Crippen molar-refractivity contribution in [1.29, 1.82) is 0 Å². The lowest BCUT2D eigenvalue weighted by Gasteiger charge is -2.22. The van der Waals surface area contributed by atoms with Crippen LogP contribution in [0, 0.1) is 11.8 Å². The summed E-state index contributed by atoms with van der Waals surface area (Å²) in [6, 6.07) is 15.7. The highest BCUT2D eigenvalue weighted by atomic mass is 35.5. The molecule has 3 rings (SSSR count). The van der Waals surface area contributed by atoms with E-state index in [1.807, 2.05) is 55.5 Å². The maximum atomic E-state index is 12.7. The summed E-state index contributed by atoms with van der Waals surface area (Å²) in [7, 11) is 1.63. The Kier molecular flexibility index (Phi) is 8.80. The highest BCUT2D eigenvalue weighted by Crippen LogP contribution is 2.33. The predicted octanol–water partition coefficient (Wildman–Crippen LogP) is 4.25. The molecule has 1 fully saturated rings. The van der Waals surface area contributed by atoms with E-state index in [4.69, 9.17) is 15.2 Å². The first-order chi connectivity index (χ1) is 13.6. The van der Waals surface area contributed by atoms with Gasteiger partial charge in [0.05, 0.1) is 13.2 Å². The maximum Gasteiger partial charge on any atom is 0.223 e. The van der Waals surface area contributed by atoms with E-state index in [-0.39, 0.29) is 30.3 Å². The van der Waals surface area contributed by atoms with Crippen LogP contribution in [-0.2, 0) is 11.4 Å². The molecule has 0 saturated heterocycles. The van der Waals surface area contributed by atoms with Crippen LogP contribution in [0.5, 0.6) is 11.5 Å². The number of halogens is 1. The van der Waals surface area contributed by atoms with Gasteiger partial charge in [0.25, 0.3) is 0 Å². The van der Waals surface area contributed by atoms with Crippen molar-refractivity contribution in [2.24, 2.45) is 17.6 Å². The molecule has 1 saturated carbocycles. The van der Waals surface area contributed by atoms with Crippen LogP contribution in [0.15, 0.2) is 48.5 Å². The Morgan fingerprint density at radius 3 is 2.62 bits per heavy atom. The summed E-state index contributed by atoms with van der Waals surface area (Å²) >= 11 is 0. The summed E-state index contributed by atoms with van der Waals surface area (Å²) < 4.78 is 11.4. The van der Waals surface area contributed by atoms with E-state index < -0.39 is 0 Å². The van der Waals surface area contributed by atoms with Crippen molar-refractivity contribution < 1.29 is 14.3 Å². The minimum Gasteiger partial charge on any atom is -0.493 e. The zero-order valence-corrected chi connectivity index (χ0v) is 17.9. The van der Waals surface area contributed by atoms with Crippen molar-refractivity contribution in [3.8, 4) is 11.5 Å². The average Bonchev–Trinajstić information content (AvgIpc) is 3.22. The van der Waals surface area contributed by atoms with E-state index in [1.165, 1.54) is 0 Å². The number of methoxy groups -OCH3 is 1. The lowest BCUT2D eigenvalue weighted by Crippen LogP contribution is -2.36. The summed E-state index contributed by atoms with van der Waals surface area (Å²) in [5.74, 6) is 1.78. The highest BCUT2D eigenvalue weighted by Gasteiger charge is 2.32. The SMILES string of the molecule is COc1cc(C(C)NC(=O)[C@@H]2CCC[C@@H]2CN)ccc1OCc1ccccc1.Cl. The molecule has 1 amide bonds. The van der Waals surface area contributed by atoms with Gasteiger partial charge in [0.1, 0.15) is 6.61 Å². The topological polar surface area (TPSA) is 73.6 Å². The molecular weight excluding hydrogens is 388 g/mol. The Morgan fingerprint density at radius 2 is 1.93 bits per heavy atom. The molecule has 2 aromatic rings. The molecule has 5 nitrogen and oxygen atoms in total. The molecule has 0 heterocycles. The zero-order chi connectivity index (χ0) is 19.9. The number of amides is 1. The summed E-state index contributed by atoms with van der Waals surface area (Å²) in [5.41, 5.74) is 7.90. The fraction of sp³-hybridized carbons (Fsp3) is 0.435. The predicted molar refractivity (Wildman–Crippen MR) is 117 cm³/mol. The molecule has 3 N–H and O–H groups in total. The van der Waals surface area contributed by atoms with Gasteiger partial charge in [0.15, 0.2) is 11.5 Å². The van der Waals surface area contributed by atoms with E-state index in [9.17, 15) is 4.79 Å². The number of benzene rings is 2. The van der Waals surface area contributed by atoms with Crippen LogP contribution in [0.1, 0.15) is 43.4 Å². The lowest BCUT2D eigenvalue weighted by atomic mass is 9.94. The zero-order valence-electron chi connectivity index (χ0n) is 17.1. The summed E-state index contributed by atoms with van der Waals surface area (Å²) in [5, 5.41) is 3.14. The molecule has 1 unspecified atom stereocenters. The maximum absolute atomic E-state index is 12.7. The first-order valence-corrected chi connectivity index (χ1v) is 9.97. The number of ether oxygens (including phenoxy) is 2. The molecule has 2 aromatic carbocycles. The fourth-order valence-corrected chi connectivity index (χ4v) is 3.88. The van der Waals surface area contributed by atoms with Crippen molar-refractivity contribution in [2.45, 2.75) is 38.8 Å². The van der Waals surface area contributed by atoms with Gasteiger partial charge in [-0.1, -0.05) is 42.8 Å². The summed E-state index contributed by atoms with van der Waals surface area (Å²) in [6.07, 6.45) is 3.05. The number of nitrogens with two attached hydrogens (primary N) is 1. The van der Waals surface area contributed by atoms with Gasteiger partial charge < -0.3 is 20.5 Å². The van der Waals surface area contributed by atoms with Crippen molar-refractivity contribution in [3.05, 3.63) is 59.7 Å². The number of rotatable bonds is 8. The minimum atomic E-state index is -0.108. The molecule has 29 heavy (non-hydrogen) atoms. The number of carbonyl (C=O) groups excluding carboxylic acids is 1. The quantitative estimate of drug-likeness (QED) is 0.672. The Labute approximate surface area is 179 Å². The molecule has 0 spiro atoms. The van der Waals surface area contributed by atoms with Crippen LogP contribution < -0.4 is 20.5 Å². The molecule has 0 aromatic heterocycles. The molecule has 6 heteroatoms. The Balaban J connectivity index is 0.00000300. The first kappa shape index (κ1) is 23.0. The highest BCUT2D eigenvalue weighted by molar-refractivity contribution is 5.85. The van der Waals surface area contributed by atoms with E-state index in [0.717, 1.165) is 30.4 Å². The Morgan fingerprint density at radius 1 is 1.17 bits per heavy atom. The van der Waals surface area contributed by atoms with Crippen LogP contribution in [-0.4, -0.2) is 19.6 Å². The molecular formula is C23H31ClN2O3. The van der Waals surface area contributed by atoms with Crippen LogP contribution in [0.2, 0.25) is 0 Å². The molecule has 1 aliphatic rings. The largest absolute Gasteiger partial charge is 0.493 e. The van der Waals surface area contributed by atoms with E-state index >= 15 is 0 Å². The monoisotopic (exact) mass is 418 g/mol. The molecule has 1 aliphatic carbocycles. The van der Waals surface area contributed by atoms with Crippen molar-refractivity contribution in [1.82, 2.24) is 5.32 Å². The van der Waals surface area contributed by atoms with Gasteiger partial charge in [0, 0.05) is 5.92 Å². The van der Waals surface area contributed by atoms with Crippen LogP contribution in [0.25, 0.3) is 0 Å². The van der Waals surface area contributed by atoms with Crippen molar-refractivity contribution in [3.63, 3.8) is 0 Å². The number of nitrogens with one attached hydrogen (secondary N) is 1. The number of carbonyl (C=O) groups is 1. The van der Waals surface area contributed by atoms with Gasteiger partial charge in [-0.25, -0.2) is 0 Å². The second-order valence-corrected chi connectivity index (χ2v) is 7.45. The Bertz CT molecular complexity index is 785. The normalized spacial score (nSPS) is 19.1. The second-order valence-electron chi connectivity index (χ2n) is 7.45. The van der Waals surface area contributed by atoms with Gasteiger partial charge >= 0.3 is 0 Å². The van der Waals surface area contributed by atoms with Crippen molar-refractivity contribution in [2.75, 3.05) is 13.7 Å². The van der Waals surface area contributed by atoms with Gasteiger partial charge in [0.2, 0.25) is 5.91 Å². The van der Waals surface area contributed by atoms with Gasteiger partial charge in [-0.15, -0.1) is 12.4 Å². The Hall–Kier alpha value is -2.24. The average molecular weight is 419 g/mol. The smallest absolute Gasteiger partial charge is 0.223 e. The van der Waals surface area contributed by atoms with Crippen LogP contribution in [0.4, 0.5) is 0 Å². The van der Waals surface area contributed by atoms with E-state index in [2.05, 4.69) is 5.32 Å². The third kappa shape index (κ3) is 5.87. The minimum absolute atomic E-state index is 0. The fourth-order valence-electron chi connectivity index (χ4n) is 3.88. The molecule has 0 bridgehead atoms. The van der Waals surface area contributed by atoms with Crippen LogP contribution in [0.3, 0.4) is 0 Å². The standard InChI is InChI=1S/C23H30N2O3.ClH/c1-16(25-23(26)20-10-6-9-19(20)14-24)18-11-12-21(22(13-18)27-2)28-15-17-7-4-3-5-8-17;/h3-5,7-8,11-13,16,19-20H,6,9-10,14-15,24H2,1-2H3,(H,25,26);1H/t16?,19-,20-;/m1./s1. The first-order valence-electron chi connectivity index (χ1n) is 9.97. The third-order valence-corrected chi connectivity index (χ3v) is 5.58. The third-order valence-electron chi connectivity index (χ3n) is 5.58.